The Hall–Kier alpha value is -8.93. The van der Waals surface area contributed by atoms with E-state index in [0.29, 0.717) is 41.2 Å². The van der Waals surface area contributed by atoms with E-state index in [2.05, 4.69) is 76.8 Å². The van der Waals surface area contributed by atoms with E-state index in [1.165, 1.54) is 64.4 Å². The maximum absolute atomic E-state index is 13.5. The molecule has 0 spiro atoms. The number of aryl methyl sites for hydroxylation is 2. The van der Waals surface area contributed by atoms with Gasteiger partial charge < -0.3 is 25.7 Å². The lowest BCUT2D eigenvalue weighted by molar-refractivity contribution is 0.0924. The van der Waals surface area contributed by atoms with Crippen LogP contribution in [-0.4, -0.2) is 94.7 Å². The Kier molecular flexibility index (Phi) is 14.8. The molecular weight excluding hydrogens is 968 g/mol. The van der Waals surface area contributed by atoms with Crippen molar-refractivity contribution in [3.05, 3.63) is 165 Å². The van der Waals surface area contributed by atoms with E-state index < -0.39 is 23.5 Å². The first-order chi connectivity index (χ1) is 35.3. The third-order valence-electron chi connectivity index (χ3n) is 11.9. The number of amides is 4. The van der Waals surface area contributed by atoms with Crippen LogP contribution in [0, 0.1) is 31.4 Å². The third kappa shape index (κ3) is 11.8. The predicted octanol–water partition coefficient (Wildman–Crippen LogP) is 5.46. The molecule has 1 saturated carbocycles. The average Bonchev–Trinajstić information content (AvgIpc) is 4.27. The molecule has 1 fully saturated rings. The van der Waals surface area contributed by atoms with Crippen LogP contribution in [0.5, 0.6) is 0 Å². The van der Waals surface area contributed by atoms with Crippen LogP contribution in [0.25, 0.3) is 22.9 Å². The number of carbonyl (C=O) groups excluding carboxylic acids is 4. The Bertz CT molecular complexity index is 3450. The Morgan fingerprint density at radius 3 is 1.78 bits per heavy atom. The number of hydrogen-bond donors (Lipinski definition) is 5. The zero-order valence-electron chi connectivity index (χ0n) is 39.0. The molecule has 73 heavy (non-hydrogen) atoms. The molecule has 3 aromatic carbocycles. The number of nitrogens with zero attached hydrogens (tertiary/aromatic N) is 12. The van der Waals surface area contributed by atoms with Crippen molar-refractivity contribution in [1.29, 1.82) is 0 Å². The van der Waals surface area contributed by atoms with Gasteiger partial charge in [0.25, 0.3) is 35.2 Å². The Balaban J connectivity index is 0.000000180. The van der Waals surface area contributed by atoms with E-state index in [1.54, 1.807) is 26.0 Å². The minimum atomic E-state index is -0.549. The zero-order chi connectivity index (χ0) is 51.0. The molecule has 0 bridgehead atoms. The first kappa shape index (κ1) is 49.1. The first-order valence-electron chi connectivity index (χ1n) is 22.8. The molecule has 372 valence electrons. The number of fused-ring (bicyclic) bond motifs is 2. The summed E-state index contributed by atoms with van der Waals surface area (Å²) in [7, 11) is 0. The summed E-state index contributed by atoms with van der Waals surface area (Å²) in [6.45, 7) is 4.45. The Morgan fingerprint density at radius 2 is 1.22 bits per heavy atom. The number of nitrogens with one attached hydrogen (secondary N) is 5. The summed E-state index contributed by atoms with van der Waals surface area (Å²) in [6, 6.07) is 18.9. The SMILES string of the molecule is Cc1nnc(C2CCC(CNC(=O)c3cc(C(=O)NCc4ccc(F)c(C)c4)nc4ncnn34)CC2)o1.O=C(NCc1ccc(F)c(Cl)c1)c1cc(C(=O)NCc2ccc(-c3ncn[nH]3)cc2)n2ncnc2n1. The van der Waals surface area contributed by atoms with Crippen LogP contribution in [-0.2, 0) is 19.6 Å². The van der Waals surface area contributed by atoms with Crippen molar-refractivity contribution >= 4 is 46.8 Å². The van der Waals surface area contributed by atoms with Crippen molar-refractivity contribution < 1.29 is 32.4 Å². The molecule has 10 rings (SSSR count). The molecule has 1 aliphatic carbocycles. The quantitative estimate of drug-likeness (QED) is 0.0904. The summed E-state index contributed by atoms with van der Waals surface area (Å²) in [4.78, 5) is 72.2. The van der Waals surface area contributed by atoms with E-state index in [0.717, 1.165) is 42.4 Å². The summed E-state index contributed by atoms with van der Waals surface area (Å²) in [5, 5.41) is 34.0. The monoisotopic (exact) mass is 1010 g/mol. The third-order valence-corrected chi connectivity index (χ3v) is 12.2. The van der Waals surface area contributed by atoms with Crippen LogP contribution >= 0.6 is 11.6 Å². The van der Waals surface area contributed by atoms with Crippen LogP contribution in [0.1, 0.15) is 108 Å². The highest BCUT2D eigenvalue weighted by atomic mass is 35.5. The molecular formula is C48H44ClF2N17O5. The number of aromatic amines is 1. The number of carbonyl (C=O) groups is 4. The van der Waals surface area contributed by atoms with Gasteiger partial charge in [-0.05, 0) is 79.0 Å². The number of aromatic nitrogens is 13. The van der Waals surface area contributed by atoms with Crippen molar-refractivity contribution in [2.45, 2.75) is 65.1 Å². The van der Waals surface area contributed by atoms with Crippen molar-refractivity contribution in [3.8, 4) is 11.4 Å². The minimum absolute atomic E-state index is 0.0229. The normalized spacial score (nSPS) is 14.3. The fourth-order valence-electron chi connectivity index (χ4n) is 8.01. The van der Waals surface area contributed by atoms with Crippen LogP contribution < -0.4 is 21.3 Å². The van der Waals surface area contributed by atoms with Gasteiger partial charge >= 0.3 is 0 Å². The highest BCUT2D eigenvalue weighted by molar-refractivity contribution is 6.30. The molecule has 0 radical (unpaired) electrons. The highest BCUT2D eigenvalue weighted by Crippen LogP contribution is 2.35. The smallest absolute Gasteiger partial charge is 0.270 e. The number of benzene rings is 3. The van der Waals surface area contributed by atoms with Gasteiger partial charge in [0.15, 0.2) is 5.82 Å². The van der Waals surface area contributed by atoms with Crippen molar-refractivity contribution in [2.24, 2.45) is 5.92 Å². The van der Waals surface area contributed by atoms with Gasteiger partial charge in [0, 0.05) is 56.7 Å². The Morgan fingerprint density at radius 1 is 0.658 bits per heavy atom. The number of hydrogen-bond acceptors (Lipinski definition) is 15. The van der Waals surface area contributed by atoms with E-state index >= 15 is 0 Å². The molecule has 4 amide bonds. The van der Waals surface area contributed by atoms with Crippen molar-refractivity contribution in [3.63, 3.8) is 0 Å². The van der Waals surface area contributed by atoms with Gasteiger partial charge in [-0.25, -0.2) is 23.7 Å². The molecule has 25 heteroatoms. The molecule has 0 saturated heterocycles. The maximum atomic E-state index is 13.5. The second-order valence-corrected chi connectivity index (χ2v) is 17.4. The molecule has 6 heterocycles. The lowest BCUT2D eigenvalue weighted by Crippen LogP contribution is -2.33. The summed E-state index contributed by atoms with van der Waals surface area (Å²) < 4.78 is 35.0. The summed E-state index contributed by atoms with van der Waals surface area (Å²) >= 11 is 5.79. The molecule has 0 unspecified atom stereocenters. The molecule has 5 N–H and O–H groups in total. The van der Waals surface area contributed by atoms with Gasteiger partial charge in [-0.15, -0.1) is 10.2 Å². The minimum Gasteiger partial charge on any atom is -0.425 e. The lowest BCUT2D eigenvalue weighted by Gasteiger charge is -2.26. The van der Waals surface area contributed by atoms with E-state index in [-0.39, 0.29) is 76.6 Å². The topological polar surface area (TPSA) is 283 Å². The Labute approximate surface area is 417 Å². The lowest BCUT2D eigenvalue weighted by atomic mass is 9.82. The van der Waals surface area contributed by atoms with E-state index in [4.69, 9.17) is 16.0 Å². The van der Waals surface area contributed by atoms with Gasteiger partial charge in [0.1, 0.15) is 53.4 Å². The van der Waals surface area contributed by atoms with Gasteiger partial charge in [0.2, 0.25) is 11.8 Å². The van der Waals surface area contributed by atoms with E-state index in [9.17, 15) is 28.0 Å². The summed E-state index contributed by atoms with van der Waals surface area (Å²) in [5.41, 5.74) is 3.83. The molecule has 0 aliphatic heterocycles. The zero-order valence-corrected chi connectivity index (χ0v) is 39.8. The van der Waals surface area contributed by atoms with Gasteiger partial charge in [0.05, 0.1) is 5.02 Å². The van der Waals surface area contributed by atoms with Gasteiger partial charge in [-0.2, -0.15) is 34.3 Å². The average molecular weight is 1010 g/mol. The summed E-state index contributed by atoms with van der Waals surface area (Å²) in [6.07, 6.45) is 7.64. The van der Waals surface area contributed by atoms with Gasteiger partial charge in [-0.3, -0.25) is 24.3 Å². The van der Waals surface area contributed by atoms with E-state index in [1.807, 2.05) is 24.3 Å². The fourth-order valence-corrected chi connectivity index (χ4v) is 8.21. The van der Waals surface area contributed by atoms with Gasteiger partial charge in [-0.1, -0.05) is 54.1 Å². The number of H-pyrrole nitrogens is 1. The van der Waals surface area contributed by atoms with Crippen molar-refractivity contribution in [2.75, 3.05) is 6.54 Å². The highest BCUT2D eigenvalue weighted by Gasteiger charge is 2.27. The van der Waals surface area contributed by atoms with Crippen LogP contribution in [0.2, 0.25) is 5.02 Å². The molecule has 6 aromatic heterocycles. The summed E-state index contributed by atoms with van der Waals surface area (Å²) in [5.74, 6) is -0.0000167. The predicted molar refractivity (Wildman–Crippen MR) is 256 cm³/mol. The molecule has 22 nitrogen and oxygen atoms in total. The first-order valence-corrected chi connectivity index (χ1v) is 23.2. The number of rotatable bonds is 14. The van der Waals surface area contributed by atoms with Crippen LogP contribution in [0.4, 0.5) is 8.78 Å². The largest absolute Gasteiger partial charge is 0.425 e. The molecule has 1 aliphatic rings. The number of halogens is 3. The van der Waals surface area contributed by atoms with Crippen LogP contribution in [0.3, 0.4) is 0 Å². The van der Waals surface area contributed by atoms with Crippen molar-refractivity contribution in [1.82, 2.24) is 85.8 Å². The second-order valence-electron chi connectivity index (χ2n) is 17.0. The fraction of sp³-hybridized carbons (Fsp3) is 0.250. The van der Waals surface area contributed by atoms with Crippen LogP contribution in [0.15, 0.2) is 96.2 Å². The standard InChI is InChI=1S/C25H27FN8O3.C23H17ClFN9O2/c1-14-9-17(5-8-19(14)26)12-27-22(35)20-10-21(34-25(31-20)29-13-30-34)23(36)28-11-16-3-6-18(7-4-16)24-33-32-15(2)37-24;24-16-7-14(3-6-17(16)25)10-26-21(35)18-8-19(34-23(32-18)29-12-31-34)22(36)27-9-13-1-4-15(5-2-13)20-28-11-30-33-20/h5,8-10,13,16,18H,3-4,6-7,11-12H2,1-2H3,(H,27,35)(H,28,36);1-8,11-12H,9-10H2,(H,26,35)(H,27,36)(H,28,30,33). The second kappa shape index (κ2) is 22.0. The molecule has 0 atom stereocenters. The maximum Gasteiger partial charge on any atom is 0.270 e. The molecule has 9 aromatic rings.